The molecule has 0 saturated carbocycles. The molecule has 0 unspecified atom stereocenters. The zero-order chi connectivity index (χ0) is 33.8. The third kappa shape index (κ3) is 7.93. The van der Waals surface area contributed by atoms with Crippen molar-refractivity contribution in [3.63, 3.8) is 0 Å². The van der Waals surface area contributed by atoms with E-state index in [1.807, 2.05) is 74.9 Å². The van der Waals surface area contributed by atoms with Crippen molar-refractivity contribution in [1.29, 1.82) is 0 Å². The quantitative estimate of drug-likeness (QED) is 0.114. The number of aromatic nitrogens is 5. The van der Waals surface area contributed by atoms with Gasteiger partial charge in [0.15, 0.2) is 17.6 Å². The maximum atomic E-state index is 13.3. The third-order valence-corrected chi connectivity index (χ3v) is 8.71. The second-order valence-electron chi connectivity index (χ2n) is 13.7. The summed E-state index contributed by atoms with van der Waals surface area (Å²) < 4.78 is 21.0. The van der Waals surface area contributed by atoms with Crippen molar-refractivity contribution >= 4 is 17.4 Å². The zero-order valence-corrected chi connectivity index (χ0v) is 28.7. The summed E-state index contributed by atoms with van der Waals surface area (Å²) in [5, 5.41) is 9.70. The number of ether oxygens (including phenoxy) is 3. The van der Waals surface area contributed by atoms with E-state index in [0.29, 0.717) is 35.8 Å². The predicted octanol–water partition coefficient (Wildman–Crippen LogP) is 6.98. The number of hydrogen-bond acceptors (Lipinski definition) is 8. The minimum absolute atomic E-state index is 0.216. The highest BCUT2D eigenvalue weighted by Crippen LogP contribution is 2.41. The summed E-state index contributed by atoms with van der Waals surface area (Å²) in [5.74, 6) is 1.76. The fourth-order valence-corrected chi connectivity index (χ4v) is 6.18. The van der Waals surface area contributed by atoms with Crippen LogP contribution in [0.5, 0.6) is 5.75 Å². The van der Waals surface area contributed by atoms with E-state index in [4.69, 9.17) is 24.3 Å². The van der Waals surface area contributed by atoms with Crippen molar-refractivity contribution in [3.05, 3.63) is 90.4 Å². The van der Waals surface area contributed by atoms with Gasteiger partial charge >= 0.3 is 5.97 Å². The second-order valence-corrected chi connectivity index (χ2v) is 13.7. The van der Waals surface area contributed by atoms with Gasteiger partial charge < -0.3 is 19.1 Å². The van der Waals surface area contributed by atoms with Crippen LogP contribution in [0.3, 0.4) is 0 Å². The number of carbonyl (C=O) groups is 1. The van der Waals surface area contributed by atoms with Crippen molar-refractivity contribution < 1.29 is 19.0 Å². The van der Waals surface area contributed by atoms with Gasteiger partial charge in [-0.25, -0.2) is 14.5 Å². The molecule has 1 saturated heterocycles. The van der Waals surface area contributed by atoms with E-state index in [1.54, 1.807) is 10.8 Å². The van der Waals surface area contributed by atoms with Crippen LogP contribution in [0.1, 0.15) is 81.9 Å². The molecule has 1 atom stereocenters. The molecule has 1 fully saturated rings. The molecule has 10 heteroatoms. The number of esters is 1. The number of fused-ring (bicyclic) bond motifs is 1. The summed E-state index contributed by atoms with van der Waals surface area (Å²) in [7, 11) is 1.39. The highest BCUT2D eigenvalue weighted by molar-refractivity contribution is 5.80. The van der Waals surface area contributed by atoms with Crippen molar-refractivity contribution in [1.82, 2.24) is 24.4 Å². The maximum absolute atomic E-state index is 13.3. The largest absolute Gasteiger partial charge is 0.490 e. The lowest BCUT2D eigenvalue weighted by atomic mass is 9.76. The van der Waals surface area contributed by atoms with Gasteiger partial charge in [-0.1, -0.05) is 37.8 Å². The molecule has 0 spiro atoms. The van der Waals surface area contributed by atoms with E-state index in [-0.39, 0.29) is 5.41 Å². The molecule has 1 aliphatic rings. The summed E-state index contributed by atoms with van der Waals surface area (Å²) in [6.07, 6.45) is 11.4. The second kappa shape index (κ2) is 14.1. The van der Waals surface area contributed by atoms with Gasteiger partial charge in [-0.05, 0) is 82.1 Å². The Morgan fingerprint density at radius 3 is 2.57 bits per heavy atom. The molecule has 1 aliphatic heterocycles. The van der Waals surface area contributed by atoms with Gasteiger partial charge in [0.05, 0.1) is 24.5 Å². The van der Waals surface area contributed by atoms with Gasteiger partial charge in [-0.2, -0.15) is 9.61 Å². The van der Waals surface area contributed by atoms with Gasteiger partial charge in [-0.15, -0.1) is 11.7 Å². The summed E-state index contributed by atoms with van der Waals surface area (Å²) in [5.41, 5.74) is 3.78. The summed E-state index contributed by atoms with van der Waals surface area (Å²) in [6.45, 7) is 19.8. The number of aryl methyl sites for hydroxylation is 1. The van der Waals surface area contributed by atoms with E-state index >= 15 is 0 Å². The lowest BCUT2D eigenvalue weighted by molar-refractivity contribution is -0.164. The first kappa shape index (κ1) is 33.9. The van der Waals surface area contributed by atoms with Crippen molar-refractivity contribution in [2.45, 2.75) is 78.4 Å². The van der Waals surface area contributed by atoms with E-state index < -0.39 is 17.7 Å². The first-order chi connectivity index (χ1) is 22.4. The summed E-state index contributed by atoms with van der Waals surface area (Å²) >= 11 is 0. The fourth-order valence-electron chi connectivity index (χ4n) is 6.18. The molecule has 10 nitrogen and oxygen atoms in total. The topological polar surface area (TPSA) is 96.0 Å². The number of allylic oxidation sites excluding steroid dienone is 1. The highest BCUT2D eigenvalue weighted by Gasteiger charge is 2.37. The standard InChI is InChI=1S/C37H48N6O4/c1-9-11-15-37(7)16-18-41(19-17-37)34-32(33(35(44)45-8)47-36(4,5)6)26(3)39-30-23-31(40-43(30)34)42-25-28(24-38-42)21-27-13-12-14-29(22-27)46-20-10-2/h9-10,12-14,22-25,33H,1-2,11,15-21H2,3-8H3/t33-/m0/s1. The van der Waals surface area contributed by atoms with Gasteiger partial charge in [0, 0.05) is 37.5 Å². The Morgan fingerprint density at radius 1 is 1.13 bits per heavy atom. The lowest BCUT2D eigenvalue weighted by Crippen LogP contribution is -2.41. The molecule has 0 bridgehead atoms. The van der Waals surface area contributed by atoms with Gasteiger partial charge in [0.1, 0.15) is 18.2 Å². The number of methoxy groups -OCH3 is 1. The predicted molar refractivity (Wildman–Crippen MR) is 184 cm³/mol. The molecule has 4 aromatic rings. The Balaban J connectivity index is 1.54. The van der Waals surface area contributed by atoms with Crippen LogP contribution in [0.25, 0.3) is 11.5 Å². The average molecular weight is 641 g/mol. The molecule has 0 aliphatic carbocycles. The van der Waals surface area contributed by atoms with Crippen LogP contribution in [0.15, 0.2) is 68.0 Å². The fraction of sp³-hybridized carbons (Fsp3) is 0.459. The first-order valence-electron chi connectivity index (χ1n) is 16.3. The average Bonchev–Trinajstić information content (AvgIpc) is 3.68. The summed E-state index contributed by atoms with van der Waals surface area (Å²) in [4.78, 5) is 20.6. The smallest absolute Gasteiger partial charge is 0.339 e. The van der Waals surface area contributed by atoms with E-state index in [9.17, 15) is 4.79 Å². The number of rotatable bonds is 13. The molecular formula is C37H48N6O4. The van der Waals surface area contributed by atoms with Crippen LogP contribution in [-0.2, 0) is 20.7 Å². The maximum Gasteiger partial charge on any atom is 0.339 e. The normalized spacial score (nSPS) is 15.4. The molecule has 4 heterocycles. The Hall–Kier alpha value is -4.44. The number of piperidine rings is 1. The molecule has 0 radical (unpaired) electrons. The van der Waals surface area contributed by atoms with Crippen molar-refractivity contribution in [2.75, 3.05) is 31.7 Å². The van der Waals surface area contributed by atoms with Crippen LogP contribution in [0.2, 0.25) is 0 Å². The minimum atomic E-state index is -0.976. The zero-order valence-electron chi connectivity index (χ0n) is 28.7. The van der Waals surface area contributed by atoms with Gasteiger partial charge in [-0.3, -0.25) is 0 Å². The number of benzene rings is 1. The molecule has 250 valence electrons. The molecular weight excluding hydrogens is 592 g/mol. The first-order valence-corrected chi connectivity index (χ1v) is 16.3. The minimum Gasteiger partial charge on any atom is -0.490 e. The van der Waals surface area contributed by atoms with E-state index in [2.05, 4.69) is 36.1 Å². The molecule has 3 aromatic heterocycles. The van der Waals surface area contributed by atoms with Crippen LogP contribution < -0.4 is 9.64 Å². The van der Waals surface area contributed by atoms with Crippen LogP contribution in [0, 0.1) is 12.3 Å². The summed E-state index contributed by atoms with van der Waals surface area (Å²) in [6, 6.07) is 9.96. The Bertz CT molecular complexity index is 1720. The monoisotopic (exact) mass is 640 g/mol. The Morgan fingerprint density at radius 2 is 1.89 bits per heavy atom. The van der Waals surface area contributed by atoms with Crippen molar-refractivity contribution in [2.24, 2.45) is 5.41 Å². The lowest BCUT2D eigenvalue weighted by Gasteiger charge is -2.41. The number of anilines is 1. The van der Waals surface area contributed by atoms with Crippen LogP contribution in [-0.4, -0.2) is 62.8 Å². The van der Waals surface area contributed by atoms with Gasteiger partial charge in [0.25, 0.3) is 0 Å². The number of carbonyl (C=O) groups excluding carboxylic acids is 1. The molecule has 5 rings (SSSR count). The Labute approximate surface area is 278 Å². The molecule has 1 aromatic carbocycles. The highest BCUT2D eigenvalue weighted by atomic mass is 16.6. The SMILES string of the molecule is C=CCCC1(C)CCN(c2c([C@H](OC(C)(C)C)C(=O)OC)c(C)nc3cc(-n4cc(Cc5cccc(OCC=C)c5)cn4)nn23)CC1. The third-order valence-electron chi connectivity index (χ3n) is 8.71. The number of nitrogens with zero attached hydrogens (tertiary/aromatic N) is 6. The van der Waals surface area contributed by atoms with Crippen molar-refractivity contribution in [3.8, 4) is 11.6 Å². The molecule has 0 amide bonds. The Kier molecular flexibility index (Phi) is 10.2. The molecule has 0 N–H and O–H groups in total. The molecule has 47 heavy (non-hydrogen) atoms. The van der Waals surface area contributed by atoms with E-state index in [1.165, 1.54) is 7.11 Å². The van der Waals surface area contributed by atoms with Crippen LogP contribution >= 0.6 is 0 Å². The van der Waals surface area contributed by atoms with Gasteiger partial charge in [0.2, 0.25) is 0 Å². The van der Waals surface area contributed by atoms with E-state index in [0.717, 1.165) is 61.5 Å². The number of hydrogen-bond donors (Lipinski definition) is 0. The van der Waals surface area contributed by atoms with Crippen LogP contribution in [0.4, 0.5) is 5.82 Å².